The van der Waals surface area contributed by atoms with Crippen LogP contribution in [0.1, 0.15) is 26.5 Å². The van der Waals surface area contributed by atoms with Gasteiger partial charge in [0.15, 0.2) is 0 Å². The fourth-order valence-electron chi connectivity index (χ4n) is 1.75. The van der Waals surface area contributed by atoms with Gasteiger partial charge in [0.05, 0.1) is 16.9 Å². The monoisotopic (exact) mass is 258 g/mol. The van der Waals surface area contributed by atoms with Crippen LogP contribution >= 0.6 is 0 Å². The fraction of sp³-hybridized carbons (Fsp3) is 0.333. The number of fused-ring (bicyclic) bond motifs is 1. The summed E-state index contributed by atoms with van der Waals surface area (Å²) < 4.78 is 5.23. The van der Waals surface area contributed by atoms with Crippen molar-refractivity contribution in [2.75, 3.05) is 5.32 Å². The van der Waals surface area contributed by atoms with Gasteiger partial charge in [-0.3, -0.25) is 10.3 Å². The Bertz CT molecular complexity index is 615. The average molecular weight is 258 g/mol. The van der Waals surface area contributed by atoms with Crippen LogP contribution in [0, 0.1) is 6.92 Å². The van der Waals surface area contributed by atoms with Crippen LogP contribution in [0.15, 0.2) is 30.3 Å². The Balaban J connectivity index is 2.25. The van der Waals surface area contributed by atoms with Gasteiger partial charge < -0.3 is 4.74 Å². The predicted molar refractivity (Wildman–Crippen MR) is 76.3 cm³/mol. The Hall–Kier alpha value is -2.10. The lowest BCUT2D eigenvalue weighted by Gasteiger charge is -2.20. The topological polar surface area (TPSA) is 51.2 Å². The number of anilines is 1. The van der Waals surface area contributed by atoms with E-state index in [9.17, 15) is 4.79 Å². The number of amides is 1. The van der Waals surface area contributed by atoms with Crippen molar-refractivity contribution in [1.29, 1.82) is 0 Å². The van der Waals surface area contributed by atoms with E-state index in [2.05, 4.69) is 10.3 Å². The largest absolute Gasteiger partial charge is 0.444 e. The molecule has 1 aromatic heterocycles. The highest BCUT2D eigenvalue weighted by atomic mass is 16.6. The molecule has 0 aliphatic heterocycles. The third kappa shape index (κ3) is 3.44. The second-order valence-electron chi connectivity index (χ2n) is 5.44. The lowest BCUT2D eigenvalue weighted by Crippen LogP contribution is -2.27. The van der Waals surface area contributed by atoms with Crippen LogP contribution in [0.3, 0.4) is 0 Å². The third-order valence-corrected chi connectivity index (χ3v) is 2.55. The lowest BCUT2D eigenvalue weighted by atomic mass is 10.2. The molecule has 0 aliphatic carbocycles. The predicted octanol–water partition coefficient (Wildman–Crippen LogP) is 3.89. The van der Waals surface area contributed by atoms with Crippen molar-refractivity contribution < 1.29 is 9.53 Å². The first-order valence-corrected chi connectivity index (χ1v) is 6.21. The van der Waals surface area contributed by atoms with Crippen molar-refractivity contribution in [3.63, 3.8) is 0 Å². The number of carbonyl (C=O) groups excluding carboxylic acids is 1. The molecule has 2 rings (SSSR count). The van der Waals surface area contributed by atoms with E-state index in [4.69, 9.17) is 4.74 Å². The highest BCUT2D eigenvalue weighted by molar-refractivity contribution is 5.90. The maximum absolute atomic E-state index is 11.8. The van der Waals surface area contributed by atoms with Gasteiger partial charge in [-0.2, -0.15) is 0 Å². The van der Waals surface area contributed by atoms with Crippen LogP contribution in [-0.4, -0.2) is 16.7 Å². The highest BCUT2D eigenvalue weighted by Gasteiger charge is 2.17. The van der Waals surface area contributed by atoms with Crippen LogP contribution in [-0.2, 0) is 4.74 Å². The second-order valence-corrected chi connectivity index (χ2v) is 5.44. The summed E-state index contributed by atoms with van der Waals surface area (Å²) in [5, 5.41) is 3.72. The standard InChI is InChI=1S/C15H18N2O2/c1-10-13(17-14(18)19-15(2,3)4)9-11-7-5-6-8-12(11)16-10/h5-9H,1-4H3,(H,17,18). The summed E-state index contributed by atoms with van der Waals surface area (Å²) in [6.07, 6.45) is -0.465. The normalized spacial score (nSPS) is 11.4. The van der Waals surface area contributed by atoms with E-state index in [-0.39, 0.29) is 0 Å². The van der Waals surface area contributed by atoms with Crippen molar-refractivity contribution in [2.45, 2.75) is 33.3 Å². The van der Waals surface area contributed by atoms with Gasteiger partial charge in [-0.25, -0.2) is 4.79 Å². The number of para-hydroxylation sites is 1. The highest BCUT2D eigenvalue weighted by Crippen LogP contribution is 2.21. The van der Waals surface area contributed by atoms with Crippen molar-refractivity contribution in [2.24, 2.45) is 0 Å². The first-order chi connectivity index (χ1) is 8.85. The van der Waals surface area contributed by atoms with Gasteiger partial charge in [0.25, 0.3) is 0 Å². The Morgan fingerprint density at radius 2 is 1.95 bits per heavy atom. The van der Waals surface area contributed by atoms with Gasteiger partial charge in [-0.15, -0.1) is 0 Å². The number of benzene rings is 1. The van der Waals surface area contributed by atoms with E-state index in [1.54, 1.807) is 0 Å². The molecule has 19 heavy (non-hydrogen) atoms. The van der Waals surface area contributed by atoms with Crippen molar-refractivity contribution in [3.05, 3.63) is 36.0 Å². The molecule has 0 fully saturated rings. The molecule has 0 bridgehead atoms. The van der Waals surface area contributed by atoms with Crippen LogP contribution in [0.5, 0.6) is 0 Å². The van der Waals surface area contributed by atoms with Gasteiger partial charge in [-0.05, 0) is 39.8 Å². The molecular formula is C15H18N2O2. The molecule has 100 valence electrons. The third-order valence-electron chi connectivity index (χ3n) is 2.55. The molecule has 1 heterocycles. The van der Waals surface area contributed by atoms with Crippen LogP contribution in [0.2, 0.25) is 0 Å². The van der Waals surface area contributed by atoms with Crippen LogP contribution < -0.4 is 5.32 Å². The Kier molecular flexibility index (Phi) is 3.42. The zero-order chi connectivity index (χ0) is 14.0. The number of nitrogens with one attached hydrogen (secondary N) is 1. The van der Waals surface area contributed by atoms with E-state index < -0.39 is 11.7 Å². The molecule has 0 spiro atoms. The summed E-state index contributed by atoms with van der Waals surface area (Å²) in [6.45, 7) is 7.35. The molecule has 0 aliphatic rings. The Morgan fingerprint density at radius 1 is 1.26 bits per heavy atom. The minimum atomic E-state index is -0.512. The Morgan fingerprint density at radius 3 is 2.63 bits per heavy atom. The number of hydrogen-bond acceptors (Lipinski definition) is 3. The number of rotatable bonds is 1. The molecule has 0 radical (unpaired) electrons. The van der Waals surface area contributed by atoms with Crippen molar-refractivity contribution in [1.82, 2.24) is 4.98 Å². The van der Waals surface area contributed by atoms with Gasteiger partial charge in [0.1, 0.15) is 5.60 Å². The summed E-state index contributed by atoms with van der Waals surface area (Å²) in [7, 11) is 0. The quantitative estimate of drug-likeness (QED) is 0.844. The minimum absolute atomic E-state index is 0.465. The maximum Gasteiger partial charge on any atom is 0.412 e. The zero-order valence-corrected chi connectivity index (χ0v) is 11.7. The van der Waals surface area contributed by atoms with E-state index in [1.807, 2.05) is 58.0 Å². The first-order valence-electron chi connectivity index (χ1n) is 6.21. The summed E-state index contributed by atoms with van der Waals surface area (Å²) in [5.41, 5.74) is 1.84. The summed E-state index contributed by atoms with van der Waals surface area (Å²) >= 11 is 0. The number of hydrogen-bond donors (Lipinski definition) is 1. The molecule has 4 nitrogen and oxygen atoms in total. The van der Waals surface area contributed by atoms with Crippen LogP contribution in [0.25, 0.3) is 10.9 Å². The number of aryl methyl sites for hydroxylation is 1. The number of pyridine rings is 1. The van der Waals surface area contributed by atoms with Gasteiger partial charge in [0.2, 0.25) is 0 Å². The maximum atomic E-state index is 11.8. The van der Waals surface area contributed by atoms with E-state index in [0.29, 0.717) is 5.69 Å². The van der Waals surface area contributed by atoms with E-state index in [0.717, 1.165) is 16.6 Å². The zero-order valence-electron chi connectivity index (χ0n) is 11.7. The lowest BCUT2D eigenvalue weighted by molar-refractivity contribution is 0.0636. The summed E-state index contributed by atoms with van der Waals surface area (Å²) in [4.78, 5) is 16.2. The number of ether oxygens (including phenoxy) is 1. The van der Waals surface area contributed by atoms with Crippen molar-refractivity contribution in [3.8, 4) is 0 Å². The van der Waals surface area contributed by atoms with E-state index >= 15 is 0 Å². The summed E-state index contributed by atoms with van der Waals surface area (Å²) in [6, 6.07) is 9.69. The van der Waals surface area contributed by atoms with Crippen molar-refractivity contribution >= 4 is 22.7 Å². The summed E-state index contributed by atoms with van der Waals surface area (Å²) in [5.74, 6) is 0. The van der Waals surface area contributed by atoms with Gasteiger partial charge in [-0.1, -0.05) is 18.2 Å². The fourth-order valence-corrected chi connectivity index (χ4v) is 1.75. The second kappa shape index (κ2) is 4.88. The molecule has 1 aromatic carbocycles. The molecule has 1 amide bonds. The molecule has 0 saturated heterocycles. The molecule has 4 heteroatoms. The van der Waals surface area contributed by atoms with Gasteiger partial charge >= 0.3 is 6.09 Å². The molecule has 1 N–H and O–H groups in total. The molecule has 0 saturated carbocycles. The minimum Gasteiger partial charge on any atom is -0.444 e. The average Bonchev–Trinajstić information content (AvgIpc) is 2.27. The number of carbonyl (C=O) groups is 1. The van der Waals surface area contributed by atoms with Crippen LogP contribution in [0.4, 0.5) is 10.5 Å². The molecular weight excluding hydrogens is 240 g/mol. The van der Waals surface area contributed by atoms with E-state index in [1.165, 1.54) is 0 Å². The first kappa shape index (κ1) is 13.3. The number of aromatic nitrogens is 1. The smallest absolute Gasteiger partial charge is 0.412 e. The molecule has 2 aromatic rings. The van der Waals surface area contributed by atoms with Gasteiger partial charge in [0, 0.05) is 5.39 Å². The molecule has 0 atom stereocenters. The molecule has 0 unspecified atom stereocenters. The number of nitrogens with zero attached hydrogens (tertiary/aromatic N) is 1. The Labute approximate surface area is 112 Å². The SMILES string of the molecule is Cc1nc2ccccc2cc1NC(=O)OC(C)(C)C.